The molecule has 1 aromatic heterocycles. The highest BCUT2D eigenvalue weighted by Gasteiger charge is 2.24. The van der Waals surface area contributed by atoms with Crippen molar-refractivity contribution >= 4 is 29.9 Å². The highest BCUT2D eigenvalue weighted by Crippen LogP contribution is 2.20. The number of carbonyl (C=O) groups is 1. The molecule has 0 spiro atoms. The van der Waals surface area contributed by atoms with Crippen LogP contribution in [-0.4, -0.2) is 40.6 Å². The zero-order valence-electron chi connectivity index (χ0n) is 13.9. The standard InChI is InChI=1S/C17H21ClN4O2.ClH/c18-14-6-4-13(5-7-14)17-20-15(24-21-17)2-1-3-16(23)22-9-8-12(10-19)11-22;/h4-7,12H,1-3,8-11,19H2;1H. The molecule has 2 N–H and O–H groups in total. The molecule has 0 aliphatic carbocycles. The lowest BCUT2D eigenvalue weighted by molar-refractivity contribution is -0.130. The Kier molecular flexibility index (Phi) is 7.23. The zero-order chi connectivity index (χ0) is 16.9. The van der Waals surface area contributed by atoms with Crippen LogP contribution >= 0.6 is 24.0 Å². The minimum atomic E-state index is 0. The Balaban J connectivity index is 0.00000225. The third-order valence-electron chi connectivity index (χ3n) is 4.32. The molecule has 0 radical (unpaired) electrons. The van der Waals surface area contributed by atoms with E-state index in [4.69, 9.17) is 21.9 Å². The molecule has 1 aliphatic rings. The van der Waals surface area contributed by atoms with Crippen LogP contribution in [0.25, 0.3) is 11.4 Å². The Hall–Kier alpha value is -1.63. The normalized spacial score (nSPS) is 16.7. The van der Waals surface area contributed by atoms with Gasteiger partial charge in [-0.2, -0.15) is 4.98 Å². The summed E-state index contributed by atoms with van der Waals surface area (Å²) >= 11 is 5.87. The second-order valence-corrected chi connectivity index (χ2v) is 6.54. The molecule has 25 heavy (non-hydrogen) atoms. The van der Waals surface area contributed by atoms with E-state index >= 15 is 0 Å². The van der Waals surface area contributed by atoms with Gasteiger partial charge in [0.05, 0.1) is 0 Å². The van der Waals surface area contributed by atoms with E-state index in [0.29, 0.717) is 48.5 Å². The number of carbonyl (C=O) groups excluding carboxylic acids is 1. The van der Waals surface area contributed by atoms with E-state index in [1.54, 1.807) is 12.1 Å². The Morgan fingerprint density at radius 3 is 2.80 bits per heavy atom. The van der Waals surface area contributed by atoms with E-state index in [1.807, 2.05) is 17.0 Å². The molecule has 1 saturated heterocycles. The molecular formula is C17H22Cl2N4O2. The van der Waals surface area contributed by atoms with Gasteiger partial charge in [-0.1, -0.05) is 16.8 Å². The molecule has 8 heteroatoms. The number of nitrogens with two attached hydrogens (primary N) is 1. The average molecular weight is 385 g/mol. The number of aryl methyl sites for hydroxylation is 1. The van der Waals surface area contributed by atoms with Crippen LogP contribution in [-0.2, 0) is 11.2 Å². The van der Waals surface area contributed by atoms with Gasteiger partial charge in [0.1, 0.15) is 0 Å². The summed E-state index contributed by atoms with van der Waals surface area (Å²) in [4.78, 5) is 18.4. The molecule has 0 bridgehead atoms. The Morgan fingerprint density at radius 2 is 2.12 bits per heavy atom. The van der Waals surface area contributed by atoms with Gasteiger partial charge in [0.25, 0.3) is 0 Å². The van der Waals surface area contributed by atoms with Crippen LogP contribution in [0.15, 0.2) is 28.8 Å². The third kappa shape index (κ3) is 5.17. The van der Waals surface area contributed by atoms with Crippen LogP contribution in [0.4, 0.5) is 0 Å². The van der Waals surface area contributed by atoms with E-state index < -0.39 is 0 Å². The Bertz CT molecular complexity index is 690. The van der Waals surface area contributed by atoms with Gasteiger partial charge in [-0.05, 0) is 49.6 Å². The first-order valence-corrected chi connectivity index (χ1v) is 8.60. The maximum Gasteiger partial charge on any atom is 0.226 e. The van der Waals surface area contributed by atoms with Crippen molar-refractivity contribution in [3.05, 3.63) is 35.2 Å². The Labute approximate surface area is 158 Å². The van der Waals surface area contributed by atoms with Gasteiger partial charge in [-0.15, -0.1) is 12.4 Å². The molecule has 1 amide bonds. The van der Waals surface area contributed by atoms with Crippen molar-refractivity contribution < 1.29 is 9.32 Å². The molecule has 1 aromatic carbocycles. The van der Waals surface area contributed by atoms with Crippen molar-refractivity contribution in [2.45, 2.75) is 25.7 Å². The summed E-state index contributed by atoms with van der Waals surface area (Å²) in [5, 5.41) is 4.64. The van der Waals surface area contributed by atoms with E-state index in [2.05, 4.69) is 10.1 Å². The molecule has 1 fully saturated rings. The van der Waals surface area contributed by atoms with Crippen LogP contribution in [0.1, 0.15) is 25.2 Å². The fraction of sp³-hybridized carbons (Fsp3) is 0.471. The van der Waals surface area contributed by atoms with E-state index in [9.17, 15) is 4.79 Å². The Morgan fingerprint density at radius 1 is 1.36 bits per heavy atom. The van der Waals surface area contributed by atoms with Crippen molar-refractivity contribution in [2.75, 3.05) is 19.6 Å². The fourth-order valence-corrected chi connectivity index (χ4v) is 3.00. The van der Waals surface area contributed by atoms with E-state index in [1.165, 1.54) is 0 Å². The number of aromatic nitrogens is 2. The van der Waals surface area contributed by atoms with Gasteiger partial charge in [0.2, 0.25) is 17.6 Å². The summed E-state index contributed by atoms with van der Waals surface area (Å²) in [7, 11) is 0. The highest BCUT2D eigenvalue weighted by molar-refractivity contribution is 6.30. The summed E-state index contributed by atoms with van der Waals surface area (Å²) in [6, 6.07) is 7.27. The van der Waals surface area contributed by atoms with E-state index in [-0.39, 0.29) is 18.3 Å². The highest BCUT2D eigenvalue weighted by atomic mass is 35.5. The largest absolute Gasteiger partial charge is 0.342 e. The average Bonchev–Trinajstić information content (AvgIpc) is 3.24. The number of halogens is 2. The lowest BCUT2D eigenvalue weighted by Gasteiger charge is -2.15. The summed E-state index contributed by atoms with van der Waals surface area (Å²) in [6.07, 6.45) is 2.80. The van der Waals surface area contributed by atoms with Crippen molar-refractivity contribution in [3.8, 4) is 11.4 Å². The number of nitrogens with zero attached hydrogens (tertiary/aromatic N) is 3. The van der Waals surface area contributed by atoms with Gasteiger partial charge in [0.15, 0.2) is 0 Å². The number of benzene rings is 1. The van der Waals surface area contributed by atoms with Gasteiger partial charge in [-0.3, -0.25) is 4.79 Å². The quantitative estimate of drug-likeness (QED) is 0.827. The monoisotopic (exact) mass is 384 g/mol. The molecule has 1 aliphatic heterocycles. The van der Waals surface area contributed by atoms with E-state index in [0.717, 1.165) is 25.1 Å². The molecule has 2 aromatic rings. The molecule has 2 heterocycles. The SMILES string of the molecule is Cl.NCC1CCN(C(=O)CCCc2nc(-c3ccc(Cl)cc3)no2)C1. The van der Waals surface area contributed by atoms with Gasteiger partial charge in [0, 0.05) is 36.5 Å². The van der Waals surface area contributed by atoms with Crippen molar-refractivity contribution in [3.63, 3.8) is 0 Å². The maximum atomic E-state index is 12.2. The summed E-state index contributed by atoms with van der Waals surface area (Å²) in [5.41, 5.74) is 6.51. The van der Waals surface area contributed by atoms with Gasteiger partial charge < -0.3 is 15.2 Å². The van der Waals surface area contributed by atoms with Crippen LogP contribution in [0.2, 0.25) is 5.02 Å². The van der Waals surface area contributed by atoms with Crippen LogP contribution in [0.5, 0.6) is 0 Å². The van der Waals surface area contributed by atoms with Gasteiger partial charge >= 0.3 is 0 Å². The van der Waals surface area contributed by atoms with Gasteiger partial charge in [-0.25, -0.2) is 0 Å². The first kappa shape index (κ1) is 19.7. The second-order valence-electron chi connectivity index (χ2n) is 6.10. The van der Waals surface area contributed by atoms with Crippen LogP contribution in [0.3, 0.4) is 0 Å². The molecule has 136 valence electrons. The molecule has 1 atom stereocenters. The molecule has 0 saturated carbocycles. The fourth-order valence-electron chi connectivity index (χ4n) is 2.87. The first-order chi connectivity index (χ1) is 11.7. The third-order valence-corrected chi connectivity index (χ3v) is 4.58. The molecule has 3 rings (SSSR count). The number of likely N-dealkylation sites (tertiary alicyclic amines) is 1. The summed E-state index contributed by atoms with van der Waals surface area (Å²) < 4.78 is 5.26. The minimum absolute atomic E-state index is 0. The smallest absolute Gasteiger partial charge is 0.226 e. The lowest BCUT2D eigenvalue weighted by atomic mass is 10.1. The van der Waals surface area contributed by atoms with Crippen molar-refractivity contribution in [1.29, 1.82) is 0 Å². The zero-order valence-corrected chi connectivity index (χ0v) is 15.4. The first-order valence-electron chi connectivity index (χ1n) is 8.22. The van der Waals surface area contributed by atoms with Crippen molar-refractivity contribution in [1.82, 2.24) is 15.0 Å². The van der Waals surface area contributed by atoms with Crippen LogP contribution < -0.4 is 5.73 Å². The molecule has 1 unspecified atom stereocenters. The predicted octanol–water partition coefficient (Wildman–Crippen LogP) is 2.94. The summed E-state index contributed by atoms with van der Waals surface area (Å²) in [6.45, 7) is 2.26. The molecular weight excluding hydrogens is 363 g/mol. The van der Waals surface area contributed by atoms with Crippen LogP contribution in [0, 0.1) is 5.92 Å². The second kappa shape index (κ2) is 9.17. The van der Waals surface area contributed by atoms with Crippen molar-refractivity contribution in [2.24, 2.45) is 11.7 Å². The minimum Gasteiger partial charge on any atom is -0.342 e. The number of amides is 1. The lowest BCUT2D eigenvalue weighted by Crippen LogP contribution is -2.29. The maximum absolute atomic E-state index is 12.2. The number of hydrogen-bond acceptors (Lipinski definition) is 5. The molecule has 6 nitrogen and oxygen atoms in total. The number of hydrogen-bond donors (Lipinski definition) is 1. The summed E-state index contributed by atoms with van der Waals surface area (Å²) in [5.74, 6) is 1.72. The predicted molar refractivity (Wildman–Crippen MR) is 98.7 cm³/mol. The number of rotatable bonds is 6. The topological polar surface area (TPSA) is 85.2 Å².